The van der Waals surface area contributed by atoms with E-state index in [1.54, 1.807) is 25.3 Å². The molecule has 0 atom stereocenters. The fourth-order valence-electron chi connectivity index (χ4n) is 4.25. The number of aliphatic hydroxyl groups is 1. The van der Waals surface area contributed by atoms with Crippen LogP contribution in [0, 0.1) is 0 Å². The molecule has 8 nitrogen and oxygen atoms in total. The normalized spacial score (nSPS) is 15.4. The van der Waals surface area contributed by atoms with E-state index in [1.165, 1.54) is 24.4 Å². The number of nitrogens with one attached hydrogen (secondary N) is 1. The Morgan fingerprint density at radius 1 is 1.11 bits per heavy atom. The summed E-state index contributed by atoms with van der Waals surface area (Å²) in [5.41, 5.74) is 3.42. The predicted octanol–water partition coefficient (Wildman–Crippen LogP) is 4.83. The number of nitrogens with zero attached hydrogens (tertiary/aromatic N) is 2. The molecule has 0 saturated carbocycles. The molecule has 3 N–H and O–H groups in total. The van der Waals surface area contributed by atoms with Crippen molar-refractivity contribution in [1.82, 2.24) is 10.3 Å². The molecule has 200 valence electrons. The van der Waals surface area contributed by atoms with Gasteiger partial charge in [-0.25, -0.2) is 5.43 Å². The molecule has 1 fully saturated rings. The maximum Gasteiger partial charge on any atom is 0.271 e. The third-order valence-corrected chi connectivity index (χ3v) is 7.08. The molecule has 1 aliphatic rings. The van der Waals surface area contributed by atoms with Crippen molar-refractivity contribution in [3.8, 4) is 17.2 Å². The number of carbonyl (C=O) groups excluding carboxylic acids is 1. The molecule has 0 radical (unpaired) electrons. The third-order valence-electron chi connectivity index (χ3n) is 6.53. The number of amides is 1. The molecular weight excluding hydrogens is 529 g/mol. The highest BCUT2D eigenvalue weighted by atomic mass is 35.5. The number of halogens is 2. The summed E-state index contributed by atoms with van der Waals surface area (Å²) in [5.74, 6) is 0.623. The van der Waals surface area contributed by atoms with Crippen molar-refractivity contribution in [2.75, 3.05) is 33.4 Å². The van der Waals surface area contributed by atoms with Crippen molar-refractivity contribution in [3.05, 3.63) is 87.4 Å². The maximum absolute atomic E-state index is 12.2. The Balaban J connectivity index is 1.25. The summed E-state index contributed by atoms with van der Waals surface area (Å²) in [7, 11) is 1.54. The Labute approximate surface area is 231 Å². The lowest BCUT2D eigenvalue weighted by atomic mass is 9.84. The Bertz CT molecular complexity index is 1290. The first kappa shape index (κ1) is 27.7. The lowest BCUT2D eigenvalue weighted by Crippen LogP contribution is -2.43. The predicted molar refractivity (Wildman–Crippen MR) is 148 cm³/mol. The van der Waals surface area contributed by atoms with Gasteiger partial charge in [-0.05, 0) is 60.9 Å². The van der Waals surface area contributed by atoms with Crippen molar-refractivity contribution in [3.63, 3.8) is 0 Å². The number of hydrogen-bond donors (Lipinski definition) is 3. The molecule has 10 heteroatoms. The van der Waals surface area contributed by atoms with Crippen LogP contribution >= 0.6 is 23.2 Å². The van der Waals surface area contributed by atoms with Gasteiger partial charge >= 0.3 is 0 Å². The number of hydrogen-bond acceptors (Lipinski definition) is 7. The standard InChI is InChI=1S/C28H29Cl2N3O5/c1-37-26-17-23(8-2-20(26)18-31-32-27(35)19-3-9-25(34)24(30)16-19)38-15-14-33-12-10-28(36,11-13-33)21-4-6-22(29)7-5-21/h2-9,16-18,34,36H,10-15H2,1H3,(H,32,35)/b31-18+. The van der Waals surface area contributed by atoms with E-state index in [9.17, 15) is 15.0 Å². The molecule has 3 aromatic rings. The van der Waals surface area contributed by atoms with Crippen LogP contribution in [0.25, 0.3) is 0 Å². The average molecular weight is 558 g/mol. The fraction of sp³-hybridized carbons (Fsp3) is 0.286. The number of piperidine rings is 1. The minimum Gasteiger partial charge on any atom is -0.506 e. The van der Waals surface area contributed by atoms with Gasteiger partial charge in [0.25, 0.3) is 5.91 Å². The van der Waals surface area contributed by atoms with Gasteiger partial charge in [0.05, 0.1) is 23.9 Å². The van der Waals surface area contributed by atoms with E-state index in [4.69, 9.17) is 32.7 Å². The number of likely N-dealkylation sites (tertiary alicyclic amines) is 1. The minimum atomic E-state index is -0.830. The SMILES string of the molecule is COc1cc(OCCN2CCC(O)(c3ccc(Cl)cc3)CC2)ccc1/C=N/NC(=O)c1ccc(O)c(Cl)c1. The van der Waals surface area contributed by atoms with E-state index in [0.29, 0.717) is 41.5 Å². The van der Waals surface area contributed by atoms with Crippen molar-refractivity contribution >= 4 is 35.3 Å². The number of benzene rings is 3. The Morgan fingerprint density at radius 2 is 1.84 bits per heavy atom. The van der Waals surface area contributed by atoms with E-state index in [0.717, 1.165) is 25.2 Å². The van der Waals surface area contributed by atoms with E-state index >= 15 is 0 Å². The maximum atomic E-state index is 12.2. The second kappa shape index (κ2) is 12.5. The van der Waals surface area contributed by atoms with Gasteiger partial charge in [0, 0.05) is 41.9 Å². The zero-order valence-corrected chi connectivity index (χ0v) is 22.4. The third kappa shape index (κ3) is 6.96. The molecule has 0 aromatic heterocycles. The largest absolute Gasteiger partial charge is 0.506 e. The number of phenolic OH excluding ortho intramolecular Hbond substituents is 1. The van der Waals surface area contributed by atoms with Gasteiger partial charge in [-0.15, -0.1) is 0 Å². The van der Waals surface area contributed by atoms with Crippen molar-refractivity contribution < 1.29 is 24.5 Å². The molecule has 1 amide bonds. The smallest absolute Gasteiger partial charge is 0.271 e. The molecule has 38 heavy (non-hydrogen) atoms. The van der Waals surface area contributed by atoms with Crippen LogP contribution in [0.3, 0.4) is 0 Å². The average Bonchev–Trinajstić information content (AvgIpc) is 2.92. The number of phenols is 1. The van der Waals surface area contributed by atoms with Crippen molar-refractivity contribution in [2.45, 2.75) is 18.4 Å². The summed E-state index contributed by atoms with van der Waals surface area (Å²) in [4.78, 5) is 14.5. The summed E-state index contributed by atoms with van der Waals surface area (Å²) in [6.45, 7) is 2.75. The Hall–Kier alpha value is -3.30. The van der Waals surface area contributed by atoms with Gasteiger partial charge in [0.15, 0.2) is 0 Å². The second-order valence-corrected chi connectivity index (χ2v) is 9.84. The van der Waals surface area contributed by atoms with Gasteiger partial charge < -0.3 is 19.7 Å². The summed E-state index contributed by atoms with van der Waals surface area (Å²) in [6, 6.07) is 16.9. The van der Waals surface area contributed by atoms with Crippen LogP contribution in [-0.4, -0.2) is 60.6 Å². The summed E-state index contributed by atoms with van der Waals surface area (Å²) < 4.78 is 11.4. The zero-order chi connectivity index (χ0) is 27.1. The molecule has 0 aliphatic carbocycles. The summed E-state index contributed by atoms with van der Waals surface area (Å²) in [6.07, 6.45) is 2.76. The highest BCUT2D eigenvalue weighted by Gasteiger charge is 2.33. The Kier molecular flexibility index (Phi) is 9.12. The quantitative estimate of drug-likeness (QED) is 0.257. The highest BCUT2D eigenvalue weighted by Crippen LogP contribution is 2.33. The van der Waals surface area contributed by atoms with Gasteiger partial charge in [0.2, 0.25) is 0 Å². The second-order valence-electron chi connectivity index (χ2n) is 9.00. The first-order valence-electron chi connectivity index (χ1n) is 12.1. The number of hydrazone groups is 1. The molecular formula is C28H29Cl2N3O5. The Morgan fingerprint density at radius 3 is 2.53 bits per heavy atom. The van der Waals surface area contributed by atoms with Crippen LogP contribution in [0.5, 0.6) is 17.2 Å². The monoisotopic (exact) mass is 557 g/mol. The molecule has 0 bridgehead atoms. The first-order valence-corrected chi connectivity index (χ1v) is 12.9. The van der Waals surface area contributed by atoms with Gasteiger partial charge in [-0.2, -0.15) is 5.10 Å². The molecule has 3 aromatic carbocycles. The molecule has 1 aliphatic heterocycles. The van der Waals surface area contributed by atoms with E-state index in [2.05, 4.69) is 15.4 Å². The van der Waals surface area contributed by atoms with Crippen molar-refractivity contribution in [1.29, 1.82) is 0 Å². The van der Waals surface area contributed by atoms with Gasteiger partial charge in [-0.1, -0.05) is 35.3 Å². The van der Waals surface area contributed by atoms with Gasteiger partial charge in [-0.3, -0.25) is 9.69 Å². The fourth-order valence-corrected chi connectivity index (χ4v) is 4.56. The molecule has 1 heterocycles. The minimum absolute atomic E-state index is 0.0821. The van der Waals surface area contributed by atoms with Crippen LogP contribution in [0.2, 0.25) is 10.0 Å². The lowest BCUT2D eigenvalue weighted by Gasteiger charge is -2.38. The van der Waals surface area contributed by atoms with Crippen molar-refractivity contribution in [2.24, 2.45) is 5.10 Å². The van der Waals surface area contributed by atoms with Crippen LogP contribution in [0.4, 0.5) is 0 Å². The first-order chi connectivity index (χ1) is 18.3. The number of aromatic hydroxyl groups is 1. The van der Waals surface area contributed by atoms with Crippen LogP contribution < -0.4 is 14.9 Å². The van der Waals surface area contributed by atoms with Crippen LogP contribution in [0.15, 0.2) is 65.8 Å². The van der Waals surface area contributed by atoms with Crippen LogP contribution in [0.1, 0.15) is 34.3 Å². The summed E-state index contributed by atoms with van der Waals surface area (Å²) in [5, 5.41) is 25.3. The van der Waals surface area contributed by atoms with E-state index < -0.39 is 11.5 Å². The van der Waals surface area contributed by atoms with Gasteiger partial charge in [0.1, 0.15) is 23.9 Å². The number of methoxy groups -OCH3 is 1. The van der Waals surface area contributed by atoms with Crippen LogP contribution in [-0.2, 0) is 5.60 Å². The van der Waals surface area contributed by atoms with E-state index in [1.807, 2.05) is 24.3 Å². The van der Waals surface area contributed by atoms with E-state index in [-0.39, 0.29) is 16.3 Å². The zero-order valence-electron chi connectivity index (χ0n) is 20.9. The molecule has 4 rings (SSSR count). The number of ether oxygens (including phenoxy) is 2. The highest BCUT2D eigenvalue weighted by molar-refractivity contribution is 6.32. The molecule has 0 unspecified atom stereocenters. The molecule has 0 spiro atoms. The lowest BCUT2D eigenvalue weighted by molar-refractivity contribution is -0.0278. The molecule has 1 saturated heterocycles. The topological polar surface area (TPSA) is 104 Å². The number of carbonyl (C=O) groups is 1. The summed E-state index contributed by atoms with van der Waals surface area (Å²) >= 11 is 11.8. The number of rotatable bonds is 9.